The van der Waals surface area contributed by atoms with Crippen LogP contribution in [-0.2, 0) is 0 Å². The van der Waals surface area contributed by atoms with Gasteiger partial charge in [-0.3, -0.25) is 5.10 Å². The number of methoxy groups -OCH3 is 1. The molecule has 1 aromatic carbocycles. The minimum Gasteiger partial charge on any atom is -0.496 e. The molecule has 1 atom stereocenters. The molecule has 1 unspecified atom stereocenters. The Morgan fingerprint density at radius 3 is 2.85 bits per heavy atom. The summed E-state index contributed by atoms with van der Waals surface area (Å²) in [4.78, 5) is 0. The summed E-state index contributed by atoms with van der Waals surface area (Å²) in [7, 11) is 1.65. The number of nitrogens with one attached hydrogen (secondary N) is 1. The van der Waals surface area contributed by atoms with Gasteiger partial charge in [0.1, 0.15) is 5.75 Å². The van der Waals surface area contributed by atoms with E-state index >= 15 is 0 Å². The molecule has 106 valence electrons. The highest BCUT2D eigenvalue weighted by atomic mass is 35.5. The fourth-order valence-corrected chi connectivity index (χ4v) is 2.86. The van der Waals surface area contributed by atoms with Crippen molar-refractivity contribution >= 4 is 17.4 Å². The van der Waals surface area contributed by atoms with Gasteiger partial charge in [0.15, 0.2) is 5.82 Å². The van der Waals surface area contributed by atoms with Crippen LogP contribution in [0.3, 0.4) is 0 Å². The fourth-order valence-electron chi connectivity index (χ4n) is 2.69. The number of benzene rings is 1. The van der Waals surface area contributed by atoms with Crippen LogP contribution in [0.2, 0.25) is 5.02 Å². The van der Waals surface area contributed by atoms with E-state index in [1.54, 1.807) is 7.11 Å². The second-order valence-corrected chi connectivity index (χ2v) is 5.80. The Morgan fingerprint density at radius 1 is 1.45 bits per heavy atom. The smallest absolute Gasteiger partial charge is 0.153 e. The van der Waals surface area contributed by atoms with Crippen LogP contribution >= 0.6 is 11.6 Å². The molecule has 3 N–H and O–H groups in total. The van der Waals surface area contributed by atoms with Gasteiger partial charge in [-0.1, -0.05) is 18.5 Å². The van der Waals surface area contributed by atoms with Crippen molar-refractivity contribution in [3.63, 3.8) is 0 Å². The molecule has 1 heterocycles. The van der Waals surface area contributed by atoms with Crippen LogP contribution in [0, 0.1) is 5.92 Å². The third-order valence-corrected chi connectivity index (χ3v) is 4.27. The number of rotatable bonds is 4. The van der Waals surface area contributed by atoms with E-state index in [4.69, 9.17) is 22.1 Å². The van der Waals surface area contributed by atoms with Crippen molar-refractivity contribution in [2.75, 3.05) is 12.8 Å². The summed E-state index contributed by atoms with van der Waals surface area (Å²) in [5.74, 6) is 2.39. The maximum atomic E-state index is 6.12. The first kappa shape index (κ1) is 13.3. The number of aromatic amines is 1. The lowest BCUT2D eigenvalue weighted by Gasteiger charge is -2.14. The molecule has 0 amide bonds. The molecular formula is C15H18ClN3O. The van der Waals surface area contributed by atoms with E-state index < -0.39 is 0 Å². The predicted molar refractivity (Wildman–Crippen MR) is 81.1 cm³/mol. The first-order chi connectivity index (χ1) is 9.61. The quantitative estimate of drug-likeness (QED) is 0.899. The number of halogens is 1. The van der Waals surface area contributed by atoms with Crippen LogP contribution in [0.4, 0.5) is 5.82 Å². The number of nitrogens with zero attached hydrogens (tertiary/aromatic N) is 1. The Balaban J connectivity index is 2.13. The number of nitrogen functional groups attached to an aromatic ring is 1. The standard InChI is InChI=1S/C15H18ClN3O/c1-8(9-3-4-9)14-13(15(17)19-18-14)11-7-10(16)5-6-12(11)20-2/h5-9H,3-4H2,1-2H3,(H3,17,18,19). The lowest BCUT2D eigenvalue weighted by Crippen LogP contribution is -2.00. The minimum atomic E-state index is 0.415. The largest absolute Gasteiger partial charge is 0.496 e. The average Bonchev–Trinajstić information content (AvgIpc) is 3.21. The molecule has 2 aromatic rings. The van der Waals surface area contributed by atoms with Gasteiger partial charge in [-0.05, 0) is 37.0 Å². The number of hydrogen-bond donors (Lipinski definition) is 2. The SMILES string of the molecule is COc1ccc(Cl)cc1-c1c(N)n[nH]c1C(C)C1CC1. The van der Waals surface area contributed by atoms with Gasteiger partial charge in [0.25, 0.3) is 0 Å². The molecule has 1 aliphatic rings. The minimum absolute atomic E-state index is 0.415. The highest BCUT2D eigenvalue weighted by molar-refractivity contribution is 6.31. The zero-order chi connectivity index (χ0) is 14.3. The van der Waals surface area contributed by atoms with Crippen molar-refractivity contribution in [3.05, 3.63) is 28.9 Å². The van der Waals surface area contributed by atoms with E-state index in [9.17, 15) is 0 Å². The van der Waals surface area contributed by atoms with Gasteiger partial charge in [-0.2, -0.15) is 5.10 Å². The van der Waals surface area contributed by atoms with E-state index in [0.717, 1.165) is 28.5 Å². The predicted octanol–water partition coefficient (Wildman–Crippen LogP) is 3.83. The van der Waals surface area contributed by atoms with Gasteiger partial charge in [-0.15, -0.1) is 0 Å². The lowest BCUT2D eigenvalue weighted by atomic mass is 9.94. The lowest BCUT2D eigenvalue weighted by molar-refractivity contribution is 0.416. The number of hydrogen-bond acceptors (Lipinski definition) is 3. The van der Waals surface area contributed by atoms with Crippen molar-refractivity contribution in [3.8, 4) is 16.9 Å². The molecule has 0 spiro atoms. The second-order valence-electron chi connectivity index (χ2n) is 5.37. The molecule has 1 aliphatic carbocycles. The Bertz CT molecular complexity index is 634. The van der Waals surface area contributed by atoms with Gasteiger partial charge >= 0.3 is 0 Å². The molecule has 0 aliphatic heterocycles. The second kappa shape index (κ2) is 5.02. The normalized spacial score (nSPS) is 16.1. The summed E-state index contributed by atoms with van der Waals surface area (Å²) in [5, 5.41) is 7.93. The number of anilines is 1. The van der Waals surface area contributed by atoms with Gasteiger partial charge in [0.2, 0.25) is 0 Å². The Kier molecular flexibility index (Phi) is 3.34. The third-order valence-electron chi connectivity index (χ3n) is 4.04. The van der Waals surface area contributed by atoms with Crippen LogP contribution in [0.15, 0.2) is 18.2 Å². The van der Waals surface area contributed by atoms with Crippen LogP contribution < -0.4 is 10.5 Å². The third kappa shape index (κ3) is 2.24. The number of aromatic nitrogens is 2. The fraction of sp³-hybridized carbons (Fsp3) is 0.400. The van der Waals surface area contributed by atoms with E-state index in [1.165, 1.54) is 12.8 Å². The highest BCUT2D eigenvalue weighted by Gasteiger charge is 2.33. The topological polar surface area (TPSA) is 63.9 Å². The van der Waals surface area contributed by atoms with E-state index in [1.807, 2.05) is 18.2 Å². The van der Waals surface area contributed by atoms with Crippen molar-refractivity contribution < 1.29 is 4.74 Å². The van der Waals surface area contributed by atoms with E-state index in [2.05, 4.69) is 17.1 Å². The highest BCUT2D eigenvalue weighted by Crippen LogP contribution is 2.47. The molecule has 5 heteroatoms. The van der Waals surface area contributed by atoms with Crippen LogP contribution in [-0.4, -0.2) is 17.3 Å². The van der Waals surface area contributed by atoms with Gasteiger partial charge < -0.3 is 10.5 Å². The summed E-state index contributed by atoms with van der Waals surface area (Å²) in [6.07, 6.45) is 2.54. The number of H-pyrrole nitrogens is 1. The molecule has 0 radical (unpaired) electrons. The molecule has 3 rings (SSSR count). The zero-order valence-electron chi connectivity index (χ0n) is 11.6. The maximum absolute atomic E-state index is 6.12. The molecular weight excluding hydrogens is 274 g/mol. The summed E-state index contributed by atoms with van der Waals surface area (Å²) >= 11 is 6.12. The molecule has 0 bridgehead atoms. The van der Waals surface area contributed by atoms with Gasteiger partial charge in [0, 0.05) is 22.2 Å². The van der Waals surface area contributed by atoms with Crippen molar-refractivity contribution in [2.24, 2.45) is 5.92 Å². The van der Waals surface area contributed by atoms with E-state index in [0.29, 0.717) is 16.8 Å². The molecule has 1 saturated carbocycles. The summed E-state index contributed by atoms with van der Waals surface area (Å²) in [6, 6.07) is 5.55. The first-order valence-corrected chi connectivity index (χ1v) is 7.17. The molecule has 4 nitrogen and oxygen atoms in total. The Labute approximate surface area is 123 Å². The Morgan fingerprint density at radius 2 is 2.20 bits per heavy atom. The molecule has 0 saturated heterocycles. The summed E-state index contributed by atoms with van der Waals surface area (Å²) in [6.45, 7) is 2.21. The van der Waals surface area contributed by atoms with Crippen molar-refractivity contribution in [2.45, 2.75) is 25.7 Å². The van der Waals surface area contributed by atoms with Crippen molar-refractivity contribution in [1.82, 2.24) is 10.2 Å². The van der Waals surface area contributed by atoms with Crippen LogP contribution in [0.5, 0.6) is 5.75 Å². The van der Waals surface area contributed by atoms with Crippen LogP contribution in [0.1, 0.15) is 31.4 Å². The summed E-state index contributed by atoms with van der Waals surface area (Å²) in [5.41, 5.74) is 8.96. The number of nitrogens with two attached hydrogens (primary N) is 1. The van der Waals surface area contributed by atoms with Crippen molar-refractivity contribution in [1.29, 1.82) is 0 Å². The van der Waals surface area contributed by atoms with Crippen LogP contribution in [0.25, 0.3) is 11.1 Å². The maximum Gasteiger partial charge on any atom is 0.153 e. The average molecular weight is 292 g/mol. The monoisotopic (exact) mass is 291 g/mol. The molecule has 20 heavy (non-hydrogen) atoms. The Hall–Kier alpha value is -1.68. The number of ether oxygens (including phenoxy) is 1. The van der Waals surface area contributed by atoms with Gasteiger partial charge in [0.05, 0.1) is 12.7 Å². The first-order valence-electron chi connectivity index (χ1n) is 6.79. The summed E-state index contributed by atoms with van der Waals surface area (Å²) < 4.78 is 5.43. The zero-order valence-corrected chi connectivity index (χ0v) is 12.4. The van der Waals surface area contributed by atoms with E-state index in [-0.39, 0.29) is 0 Å². The van der Waals surface area contributed by atoms with Gasteiger partial charge in [-0.25, -0.2) is 0 Å². The molecule has 1 aromatic heterocycles. The molecule has 1 fully saturated rings.